The fourth-order valence-electron chi connectivity index (χ4n) is 2.02. The molecule has 1 nitrogen and oxygen atoms in total. The molecule has 2 rings (SSSR count). The van der Waals surface area contributed by atoms with Crippen molar-refractivity contribution < 1.29 is 4.79 Å². The molecule has 17 heavy (non-hydrogen) atoms. The first kappa shape index (κ1) is 11.6. The Morgan fingerprint density at radius 3 is 1.65 bits per heavy atom. The van der Waals surface area contributed by atoms with Crippen LogP contribution < -0.4 is 10.4 Å². The van der Waals surface area contributed by atoms with Crippen molar-refractivity contribution in [2.75, 3.05) is 0 Å². The van der Waals surface area contributed by atoms with E-state index in [9.17, 15) is 4.79 Å². The van der Waals surface area contributed by atoms with Crippen molar-refractivity contribution in [2.45, 2.75) is 6.55 Å². The lowest BCUT2D eigenvalue weighted by Gasteiger charge is -2.23. The summed E-state index contributed by atoms with van der Waals surface area (Å²) in [7, 11) is -2.05. The van der Waals surface area contributed by atoms with Gasteiger partial charge in [0.15, 0.2) is 0 Å². The molecule has 0 aromatic heterocycles. The Hall–Kier alpha value is -1.89. The van der Waals surface area contributed by atoms with Crippen LogP contribution in [0.4, 0.5) is 0 Å². The van der Waals surface area contributed by atoms with Gasteiger partial charge in [0.2, 0.25) is 0 Å². The van der Waals surface area contributed by atoms with Crippen LogP contribution in [0.3, 0.4) is 0 Å². The topological polar surface area (TPSA) is 17.1 Å². The van der Waals surface area contributed by atoms with Gasteiger partial charge in [-0.1, -0.05) is 67.2 Å². The summed E-state index contributed by atoms with van der Waals surface area (Å²) in [4.78, 5) is 10.8. The Balaban J connectivity index is 2.59. The van der Waals surface area contributed by atoms with Crippen molar-refractivity contribution in [1.29, 1.82) is 0 Å². The number of benzene rings is 2. The van der Waals surface area contributed by atoms with Crippen LogP contribution >= 0.6 is 0 Å². The average molecular weight is 238 g/mol. The van der Waals surface area contributed by atoms with Gasteiger partial charge in [0.05, 0.1) is 0 Å². The third kappa shape index (κ3) is 2.28. The molecule has 0 aliphatic carbocycles. The molecule has 0 bridgehead atoms. The first-order valence-electron chi connectivity index (χ1n) is 5.60. The lowest BCUT2D eigenvalue weighted by Crippen LogP contribution is -2.54. The molecular formula is C15H14OSi. The van der Waals surface area contributed by atoms with Crippen molar-refractivity contribution in [1.82, 2.24) is 0 Å². The predicted octanol–water partition coefficient (Wildman–Crippen LogP) is 1.81. The summed E-state index contributed by atoms with van der Waals surface area (Å²) >= 11 is 0. The van der Waals surface area contributed by atoms with E-state index in [0.29, 0.717) is 0 Å². The van der Waals surface area contributed by atoms with Crippen molar-refractivity contribution in [2.24, 2.45) is 0 Å². The van der Waals surface area contributed by atoms with Crippen molar-refractivity contribution in [3.05, 3.63) is 66.4 Å². The summed E-state index contributed by atoms with van der Waals surface area (Å²) in [5.74, 6) is 1.99. The molecule has 0 heterocycles. The van der Waals surface area contributed by atoms with E-state index in [1.165, 1.54) is 10.4 Å². The van der Waals surface area contributed by atoms with Gasteiger partial charge in [-0.15, -0.1) is 0 Å². The van der Waals surface area contributed by atoms with Crippen LogP contribution in [0.25, 0.3) is 0 Å². The monoisotopic (exact) mass is 238 g/mol. The zero-order valence-corrected chi connectivity index (χ0v) is 10.8. The van der Waals surface area contributed by atoms with Gasteiger partial charge in [-0.25, -0.2) is 4.79 Å². The van der Waals surface area contributed by atoms with Gasteiger partial charge in [0.1, 0.15) is 14.0 Å². The number of carbonyl (C=O) groups excluding carboxylic acids is 1. The largest absolute Gasteiger partial charge is 0.234 e. The van der Waals surface area contributed by atoms with Crippen molar-refractivity contribution in [3.63, 3.8) is 0 Å². The minimum absolute atomic E-state index is 1.23. The lowest BCUT2D eigenvalue weighted by molar-refractivity contribution is 0.569. The molecule has 0 atom stereocenters. The zero-order valence-electron chi connectivity index (χ0n) is 9.76. The van der Waals surface area contributed by atoms with Crippen LogP contribution in [0.1, 0.15) is 0 Å². The van der Waals surface area contributed by atoms with Crippen LogP contribution in [0.15, 0.2) is 66.4 Å². The molecule has 0 aliphatic rings. The average Bonchev–Trinajstić information content (AvgIpc) is 2.41. The van der Waals surface area contributed by atoms with E-state index >= 15 is 0 Å². The molecule has 0 aliphatic heterocycles. The van der Waals surface area contributed by atoms with E-state index in [2.05, 4.69) is 30.8 Å². The fourth-order valence-corrected chi connectivity index (χ4v) is 4.69. The van der Waals surface area contributed by atoms with Gasteiger partial charge in [-0.2, -0.15) is 0 Å². The summed E-state index contributed by atoms with van der Waals surface area (Å²) in [5.41, 5.74) is 1.72. The van der Waals surface area contributed by atoms with Crippen LogP contribution in [0.5, 0.6) is 0 Å². The summed E-state index contributed by atoms with van der Waals surface area (Å²) in [6.07, 6.45) is 0. The number of hydrogen-bond donors (Lipinski definition) is 0. The Morgan fingerprint density at radius 1 is 0.882 bits per heavy atom. The highest BCUT2D eigenvalue weighted by Crippen LogP contribution is 2.05. The number of hydrogen-bond acceptors (Lipinski definition) is 1. The Morgan fingerprint density at radius 2 is 1.29 bits per heavy atom. The maximum atomic E-state index is 10.8. The van der Waals surface area contributed by atoms with Crippen molar-refractivity contribution >= 4 is 24.4 Å². The third-order valence-electron chi connectivity index (χ3n) is 3.09. The van der Waals surface area contributed by atoms with E-state index in [1.807, 2.05) is 42.3 Å². The molecule has 0 saturated heterocycles. The van der Waals surface area contributed by atoms with E-state index in [4.69, 9.17) is 0 Å². The third-order valence-corrected chi connectivity index (χ3v) is 6.86. The molecule has 2 heteroatoms. The highest BCUT2D eigenvalue weighted by Gasteiger charge is 2.29. The smallest absolute Gasteiger partial charge is 0.150 e. The van der Waals surface area contributed by atoms with Gasteiger partial charge in [-0.3, -0.25) is 0 Å². The molecular weight excluding hydrogens is 224 g/mol. The van der Waals surface area contributed by atoms with Gasteiger partial charge < -0.3 is 0 Å². The summed E-state index contributed by atoms with van der Waals surface area (Å²) < 4.78 is 0. The first-order chi connectivity index (χ1) is 8.27. The lowest BCUT2D eigenvalue weighted by atomic mass is 10.4. The van der Waals surface area contributed by atoms with Gasteiger partial charge in [0.25, 0.3) is 0 Å². The molecule has 0 fully saturated rings. The fraction of sp³-hybridized carbons (Fsp3) is 0.0667. The molecule has 0 spiro atoms. The van der Waals surface area contributed by atoms with Gasteiger partial charge in [-0.05, 0) is 16.1 Å². The van der Waals surface area contributed by atoms with Crippen LogP contribution in [-0.2, 0) is 4.79 Å². The Kier molecular flexibility index (Phi) is 3.38. The first-order valence-corrected chi connectivity index (χ1v) is 8.18. The Bertz CT molecular complexity index is 488. The minimum atomic E-state index is -2.05. The highest BCUT2D eigenvalue weighted by molar-refractivity contribution is 7.05. The molecule has 0 N–H and O–H groups in total. The Labute approximate surface area is 102 Å². The SMILES string of the molecule is C[Si](C=C=O)(c1ccccc1)c1ccccc1. The second kappa shape index (κ2) is 4.96. The van der Waals surface area contributed by atoms with Gasteiger partial charge >= 0.3 is 0 Å². The number of rotatable bonds is 3. The van der Waals surface area contributed by atoms with Gasteiger partial charge in [0, 0.05) is 0 Å². The summed E-state index contributed by atoms with van der Waals surface area (Å²) in [6.45, 7) is 2.17. The van der Waals surface area contributed by atoms with E-state index < -0.39 is 8.07 Å². The maximum absolute atomic E-state index is 10.8. The van der Waals surface area contributed by atoms with E-state index in [1.54, 1.807) is 5.70 Å². The van der Waals surface area contributed by atoms with Crippen molar-refractivity contribution in [3.8, 4) is 0 Å². The highest BCUT2D eigenvalue weighted by atomic mass is 28.3. The second-order valence-corrected chi connectivity index (χ2v) is 8.04. The summed E-state index contributed by atoms with van der Waals surface area (Å²) in [6, 6.07) is 20.4. The van der Waals surface area contributed by atoms with E-state index in [-0.39, 0.29) is 0 Å². The van der Waals surface area contributed by atoms with Crippen LogP contribution in [0.2, 0.25) is 6.55 Å². The molecule has 84 valence electrons. The normalized spacial score (nSPS) is 10.6. The zero-order chi connectivity index (χ0) is 12.1. The van der Waals surface area contributed by atoms with Crippen LogP contribution in [0, 0.1) is 0 Å². The predicted molar refractivity (Wildman–Crippen MR) is 74.0 cm³/mol. The molecule has 0 radical (unpaired) electrons. The van der Waals surface area contributed by atoms with Crippen LogP contribution in [-0.4, -0.2) is 14.0 Å². The second-order valence-electron chi connectivity index (χ2n) is 4.20. The molecule has 2 aromatic rings. The summed E-state index contributed by atoms with van der Waals surface area (Å²) in [5, 5.41) is 2.46. The molecule has 0 saturated carbocycles. The van der Waals surface area contributed by atoms with E-state index in [0.717, 1.165) is 0 Å². The minimum Gasteiger partial charge on any atom is -0.234 e. The molecule has 0 amide bonds. The molecule has 0 unspecified atom stereocenters. The standard InChI is InChI=1S/C15H14OSi/c1-17(13-12-16,14-8-4-2-5-9-14)15-10-6-3-7-11-15/h2-11,13H,1H3. The molecule has 2 aromatic carbocycles. The maximum Gasteiger partial charge on any atom is 0.150 e. The quantitative estimate of drug-likeness (QED) is 0.589.